The highest BCUT2D eigenvalue weighted by molar-refractivity contribution is 8.01. The molecule has 0 fully saturated rings. The van der Waals surface area contributed by atoms with Crippen LogP contribution < -0.4 is 19.5 Å². The van der Waals surface area contributed by atoms with E-state index in [0.29, 0.717) is 30.0 Å². The van der Waals surface area contributed by atoms with Crippen molar-refractivity contribution in [1.82, 2.24) is 0 Å². The zero-order chi connectivity index (χ0) is 19.5. The topological polar surface area (TPSA) is 44.8 Å². The van der Waals surface area contributed by atoms with Crippen LogP contribution in [0.25, 0.3) is 0 Å². The summed E-state index contributed by atoms with van der Waals surface area (Å²) in [6.07, 6.45) is 0.845. The summed E-state index contributed by atoms with van der Waals surface area (Å²) in [4.78, 5) is 0. The Kier molecular flexibility index (Phi) is 6.12. The van der Waals surface area contributed by atoms with Crippen LogP contribution in [0.1, 0.15) is 26.3 Å². The van der Waals surface area contributed by atoms with Gasteiger partial charge in [-0.2, -0.15) is 11.8 Å². The fourth-order valence-electron chi connectivity index (χ4n) is 2.95. The number of hydrogen-bond donors (Lipinski definition) is 0. The van der Waals surface area contributed by atoms with Crippen LogP contribution in [0.5, 0.6) is 17.2 Å². The van der Waals surface area contributed by atoms with Crippen molar-refractivity contribution in [3.8, 4) is 17.2 Å². The van der Waals surface area contributed by atoms with E-state index in [1.807, 2.05) is 48.2 Å². The first-order chi connectivity index (χ1) is 12.8. The summed E-state index contributed by atoms with van der Waals surface area (Å²) >= 11 is 1.82. The van der Waals surface area contributed by atoms with E-state index in [1.165, 1.54) is 0 Å². The Morgan fingerprint density at radius 3 is 2.59 bits per heavy atom. The first-order valence-corrected chi connectivity index (χ1v) is 12.1. The van der Waals surface area contributed by atoms with Crippen molar-refractivity contribution < 1.29 is 18.8 Å². The van der Waals surface area contributed by atoms with Gasteiger partial charge in [-0.05, 0) is 5.56 Å². The summed E-state index contributed by atoms with van der Waals surface area (Å²) in [5.74, 6) is 2.71. The number of methoxy groups -OCH3 is 1. The number of fused-ring (bicyclic) bond motifs is 1. The molecule has 1 unspecified atom stereocenters. The molecule has 0 bridgehead atoms. The molecule has 0 saturated carbocycles. The highest BCUT2D eigenvalue weighted by atomic mass is 32.2. The van der Waals surface area contributed by atoms with Gasteiger partial charge < -0.3 is 18.8 Å². The van der Waals surface area contributed by atoms with Crippen molar-refractivity contribution in [3.63, 3.8) is 0 Å². The van der Waals surface area contributed by atoms with E-state index in [0.717, 1.165) is 16.6 Å². The van der Waals surface area contributed by atoms with Crippen LogP contribution >= 0.6 is 18.9 Å². The molecule has 3 rings (SSSR count). The summed E-state index contributed by atoms with van der Waals surface area (Å²) in [7, 11) is -1.05. The minimum atomic E-state index is -2.66. The molecule has 0 saturated heterocycles. The molecule has 0 amide bonds. The van der Waals surface area contributed by atoms with Crippen molar-refractivity contribution in [2.75, 3.05) is 25.4 Å². The maximum absolute atomic E-state index is 13.7. The SMILES string of the molecule is COc1cc(OCc2ccccc2)c2c(c1)OCP2(=O)CCSC(C)(C)C. The lowest BCUT2D eigenvalue weighted by Gasteiger charge is -2.20. The second-order valence-corrected chi connectivity index (χ2v) is 12.4. The van der Waals surface area contributed by atoms with Gasteiger partial charge in [-0.15, -0.1) is 0 Å². The lowest BCUT2D eigenvalue weighted by Crippen LogP contribution is -2.14. The molecule has 0 aliphatic carbocycles. The van der Waals surface area contributed by atoms with Crippen LogP contribution in [-0.2, 0) is 11.2 Å². The van der Waals surface area contributed by atoms with Crippen molar-refractivity contribution in [1.29, 1.82) is 0 Å². The largest absolute Gasteiger partial charge is 0.496 e. The molecule has 6 heteroatoms. The van der Waals surface area contributed by atoms with Crippen LogP contribution in [-0.4, -0.2) is 30.1 Å². The van der Waals surface area contributed by atoms with E-state index in [4.69, 9.17) is 14.2 Å². The van der Waals surface area contributed by atoms with Crippen molar-refractivity contribution in [3.05, 3.63) is 48.0 Å². The smallest absolute Gasteiger partial charge is 0.159 e. The Balaban J connectivity index is 1.85. The zero-order valence-corrected chi connectivity index (χ0v) is 18.1. The number of benzene rings is 2. The molecule has 1 aliphatic rings. The Bertz CT molecular complexity index is 830. The molecule has 0 spiro atoms. The highest BCUT2D eigenvalue weighted by Gasteiger charge is 2.39. The fourth-order valence-corrected chi connectivity index (χ4v) is 7.00. The lowest BCUT2D eigenvalue weighted by molar-refractivity contribution is 0.304. The second-order valence-electron chi connectivity index (χ2n) is 7.59. The second kappa shape index (κ2) is 8.20. The van der Waals surface area contributed by atoms with Gasteiger partial charge in [-0.25, -0.2) is 0 Å². The Hall–Kier alpha value is -1.58. The third-order valence-electron chi connectivity index (χ3n) is 4.31. The van der Waals surface area contributed by atoms with Gasteiger partial charge in [-0.3, -0.25) is 0 Å². The molecule has 2 aromatic rings. The quantitative estimate of drug-likeness (QED) is 0.596. The zero-order valence-electron chi connectivity index (χ0n) is 16.4. The normalized spacial score (nSPS) is 18.7. The summed E-state index contributed by atoms with van der Waals surface area (Å²) in [6.45, 7) is 6.93. The van der Waals surface area contributed by atoms with E-state index in [-0.39, 0.29) is 11.1 Å². The van der Waals surface area contributed by atoms with Gasteiger partial charge in [0.2, 0.25) is 0 Å². The van der Waals surface area contributed by atoms with E-state index in [9.17, 15) is 4.57 Å². The lowest BCUT2D eigenvalue weighted by atomic mass is 10.2. The third kappa shape index (κ3) is 5.03. The van der Waals surface area contributed by atoms with Crippen molar-refractivity contribution >= 4 is 24.2 Å². The maximum Gasteiger partial charge on any atom is 0.159 e. The molecule has 1 heterocycles. The van der Waals surface area contributed by atoms with Gasteiger partial charge >= 0.3 is 0 Å². The van der Waals surface area contributed by atoms with E-state index < -0.39 is 7.14 Å². The average molecular weight is 406 g/mol. The monoisotopic (exact) mass is 406 g/mol. The third-order valence-corrected chi connectivity index (χ3v) is 8.63. The minimum Gasteiger partial charge on any atom is -0.496 e. The van der Waals surface area contributed by atoms with Gasteiger partial charge in [-0.1, -0.05) is 51.1 Å². The predicted octanol–water partition coefficient (Wildman–Crippen LogP) is 5.14. The van der Waals surface area contributed by atoms with Crippen LogP contribution in [0, 0.1) is 0 Å². The minimum absolute atomic E-state index is 0.148. The summed E-state index contributed by atoms with van der Waals surface area (Å²) < 4.78 is 31.1. The molecular weight excluding hydrogens is 379 g/mol. The predicted molar refractivity (Wildman–Crippen MR) is 114 cm³/mol. The van der Waals surface area contributed by atoms with Crippen molar-refractivity contribution in [2.24, 2.45) is 0 Å². The highest BCUT2D eigenvalue weighted by Crippen LogP contribution is 2.55. The first kappa shape index (κ1) is 20.2. The molecule has 2 aromatic carbocycles. The van der Waals surface area contributed by atoms with Crippen LogP contribution in [0.2, 0.25) is 0 Å². The van der Waals surface area contributed by atoms with Crippen LogP contribution in [0.4, 0.5) is 0 Å². The Morgan fingerprint density at radius 1 is 1.19 bits per heavy atom. The summed E-state index contributed by atoms with van der Waals surface area (Å²) in [5.41, 5.74) is 1.06. The molecule has 0 aromatic heterocycles. The number of ether oxygens (including phenoxy) is 3. The van der Waals surface area contributed by atoms with Crippen LogP contribution in [0.3, 0.4) is 0 Å². The average Bonchev–Trinajstić information content (AvgIpc) is 2.96. The Morgan fingerprint density at radius 2 is 1.93 bits per heavy atom. The molecular formula is C21H27O4PS. The van der Waals surface area contributed by atoms with E-state index in [2.05, 4.69) is 20.8 Å². The van der Waals surface area contributed by atoms with E-state index >= 15 is 0 Å². The molecule has 1 aliphatic heterocycles. The molecule has 27 heavy (non-hydrogen) atoms. The number of thioether (sulfide) groups is 1. The Labute approximate surface area is 166 Å². The summed E-state index contributed by atoms with van der Waals surface area (Å²) in [5, 5.41) is 0.730. The molecule has 0 N–H and O–H groups in total. The first-order valence-electron chi connectivity index (χ1n) is 9.05. The van der Waals surface area contributed by atoms with E-state index in [1.54, 1.807) is 13.2 Å². The molecule has 146 valence electrons. The van der Waals surface area contributed by atoms with Gasteiger partial charge in [0.1, 0.15) is 30.2 Å². The van der Waals surface area contributed by atoms with Gasteiger partial charge in [0, 0.05) is 28.8 Å². The van der Waals surface area contributed by atoms with Crippen molar-refractivity contribution in [2.45, 2.75) is 32.1 Å². The maximum atomic E-state index is 13.7. The summed E-state index contributed by atoms with van der Waals surface area (Å²) in [6, 6.07) is 13.6. The van der Waals surface area contributed by atoms with Gasteiger partial charge in [0.15, 0.2) is 7.14 Å². The van der Waals surface area contributed by atoms with Crippen LogP contribution in [0.15, 0.2) is 42.5 Å². The van der Waals surface area contributed by atoms with Gasteiger partial charge in [0.25, 0.3) is 0 Å². The number of hydrogen-bond acceptors (Lipinski definition) is 5. The standard InChI is InChI=1S/C21H27O4PS/c1-21(2,3)27-11-10-26(22)15-25-19-13-17(23-4)12-18(20(19)26)24-14-16-8-6-5-7-9-16/h5-9,12-13H,10-11,14-15H2,1-4H3. The molecule has 4 nitrogen and oxygen atoms in total. The number of rotatable bonds is 7. The molecule has 0 radical (unpaired) electrons. The van der Waals surface area contributed by atoms with Gasteiger partial charge in [0.05, 0.1) is 12.4 Å². The fraction of sp³-hybridized carbons (Fsp3) is 0.429. The molecule has 1 atom stereocenters.